The molecule has 2 heterocycles. The predicted octanol–water partition coefficient (Wildman–Crippen LogP) is 0.713. The Morgan fingerprint density at radius 2 is 2.25 bits per heavy atom. The van der Waals surface area contributed by atoms with Gasteiger partial charge in [-0.3, -0.25) is 4.68 Å². The summed E-state index contributed by atoms with van der Waals surface area (Å²) in [7, 11) is 1.90. The van der Waals surface area contributed by atoms with E-state index in [0.29, 0.717) is 18.2 Å². The molecule has 0 aliphatic carbocycles. The van der Waals surface area contributed by atoms with Gasteiger partial charge in [-0.2, -0.15) is 5.10 Å². The summed E-state index contributed by atoms with van der Waals surface area (Å²) in [6, 6.07) is 3.66. The fourth-order valence-electron chi connectivity index (χ4n) is 1.44. The van der Waals surface area contributed by atoms with Crippen molar-refractivity contribution in [1.82, 2.24) is 19.7 Å². The third kappa shape index (κ3) is 2.28. The Labute approximate surface area is 93.5 Å². The van der Waals surface area contributed by atoms with Gasteiger partial charge in [0.15, 0.2) is 0 Å². The van der Waals surface area contributed by atoms with E-state index in [-0.39, 0.29) is 0 Å². The summed E-state index contributed by atoms with van der Waals surface area (Å²) in [5, 5.41) is 7.26. The monoisotopic (exact) mass is 218 g/mol. The van der Waals surface area contributed by atoms with Crippen molar-refractivity contribution in [3.05, 3.63) is 29.8 Å². The van der Waals surface area contributed by atoms with Gasteiger partial charge in [-0.25, -0.2) is 9.97 Å². The molecule has 0 radical (unpaired) electrons. The van der Waals surface area contributed by atoms with Crippen LogP contribution in [0.25, 0.3) is 0 Å². The summed E-state index contributed by atoms with van der Waals surface area (Å²) in [5.41, 5.74) is 6.71. The van der Waals surface area contributed by atoms with Crippen molar-refractivity contribution in [2.45, 2.75) is 13.5 Å². The Bertz CT molecular complexity index is 470. The largest absolute Gasteiger partial charge is 0.384 e. The minimum absolute atomic E-state index is 0.472. The minimum Gasteiger partial charge on any atom is -0.384 e. The maximum Gasteiger partial charge on any atom is 0.132 e. The topological polar surface area (TPSA) is 81.6 Å². The highest BCUT2D eigenvalue weighted by Crippen LogP contribution is 2.09. The molecule has 0 bridgehead atoms. The molecule has 2 rings (SSSR count). The molecule has 6 heteroatoms. The number of aryl methyl sites for hydroxylation is 2. The quantitative estimate of drug-likeness (QED) is 0.793. The van der Waals surface area contributed by atoms with Crippen LogP contribution in [-0.2, 0) is 13.6 Å². The summed E-state index contributed by atoms with van der Waals surface area (Å²) >= 11 is 0. The van der Waals surface area contributed by atoms with Crippen LogP contribution in [0, 0.1) is 6.92 Å². The van der Waals surface area contributed by atoms with E-state index >= 15 is 0 Å². The number of nitrogens with zero attached hydrogens (tertiary/aromatic N) is 4. The number of aromatic nitrogens is 4. The zero-order chi connectivity index (χ0) is 11.5. The summed E-state index contributed by atoms with van der Waals surface area (Å²) in [4.78, 5) is 8.24. The molecule has 16 heavy (non-hydrogen) atoms. The van der Waals surface area contributed by atoms with Crippen molar-refractivity contribution in [3.8, 4) is 0 Å². The highest BCUT2D eigenvalue weighted by molar-refractivity contribution is 5.44. The van der Waals surface area contributed by atoms with Crippen molar-refractivity contribution in [3.63, 3.8) is 0 Å². The van der Waals surface area contributed by atoms with Crippen LogP contribution in [0.2, 0.25) is 0 Å². The average molecular weight is 218 g/mol. The van der Waals surface area contributed by atoms with Gasteiger partial charge in [0.2, 0.25) is 0 Å². The Balaban J connectivity index is 2.07. The first kappa shape index (κ1) is 10.4. The van der Waals surface area contributed by atoms with E-state index < -0.39 is 0 Å². The summed E-state index contributed by atoms with van der Waals surface area (Å²) in [6.07, 6.45) is 1.76. The van der Waals surface area contributed by atoms with E-state index in [1.54, 1.807) is 12.3 Å². The maximum absolute atomic E-state index is 5.63. The Hall–Kier alpha value is -2.11. The number of nitrogens with two attached hydrogens (primary N) is 1. The Morgan fingerprint density at radius 1 is 1.44 bits per heavy atom. The molecule has 0 aliphatic heterocycles. The van der Waals surface area contributed by atoms with E-state index in [0.717, 1.165) is 11.5 Å². The zero-order valence-corrected chi connectivity index (χ0v) is 9.31. The highest BCUT2D eigenvalue weighted by atomic mass is 15.3. The van der Waals surface area contributed by atoms with Gasteiger partial charge in [-0.1, -0.05) is 0 Å². The first-order valence-corrected chi connectivity index (χ1v) is 4.97. The number of nitrogens with one attached hydrogen (secondary N) is 1. The normalized spacial score (nSPS) is 10.4. The van der Waals surface area contributed by atoms with Gasteiger partial charge in [0.25, 0.3) is 0 Å². The van der Waals surface area contributed by atoms with E-state index in [2.05, 4.69) is 20.4 Å². The number of rotatable bonds is 3. The first-order valence-electron chi connectivity index (χ1n) is 4.97. The van der Waals surface area contributed by atoms with Crippen LogP contribution in [0.4, 0.5) is 11.6 Å². The molecule has 0 atom stereocenters. The molecule has 2 aromatic rings. The lowest BCUT2D eigenvalue weighted by Gasteiger charge is -2.07. The van der Waals surface area contributed by atoms with Gasteiger partial charge < -0.3 is 11.1 Å². The summed E-state index contributed by atoms with van der Waals surface area (Å²) in [6.45, 7) is 2.47. The van der Waals surface area contributed by atoms with Crippen LogP contribution in [0.1, 0.15) is 11.5 Å². The van der Waals surface area contributed by atoms with Crippen LogP contribution >= 0.6 is 0 Å². The molecule has 6 nitrogen and oxygen atoms in total. The fourth-order valence-corrected chi connectivity index (χ4v) is 1.44. The second-order valence-electron chi connectivity index (χ2n) is 3.52. The van der Waals surface area contributed by atoms with Crippen molar-refractivity contribution < 1.29 is 0 Å². The van der Waals surface area contributed by atoms with Crippen molar-refractivity contribution in [2.24, 2.45) is 7.05 Å². The van der Waals surface area contributed by atoms with Gasteiger partial charge in [0.1, 0.15) is 17.5 Å². The van der Waals surface area contributed by atoms with E-state index in [1.165, 1.54) is 0 Å². The summed E-state index contributed by atoms with van der Waals surface area (Å²) in [5.74, 6) is 1.86. The molecule has 0 unspecified atom stereocenters. The number of hydrogen-bond donors (Lipinski definition) is 2. The number of nitrogen functional groups attached to an aromatic ring is 1. The molecular weight excluding hydrogens is 204 g/mol. The fraction of sp³-hybridized carbons (Fsp3) is 0.300. The van der Waals surface area contributed by atoms with Gasteiger partial charge in [0.05, 0.1) is 12.2 Å². The molecule has 0 spiro atoms. The molecule has 0 amide bonds. The van der Waals surface area contributed by atoms with Gasteiger partial charge in [-0.05, 0) is 13.0 Å². The van der Waals surface area contributed by atoms with E-state index in [9.17, 15) is 0 Å². The molecule has 84 valence electrons. The lowest BCUT2D eigenvalue weighted by Crippen LogP contribution is -2.08. The molecule has 0 aliphatic rings. The smallest absolute Gasteiger partial charge is 0.132 e. The third-order valence-corrected chi connectivity index (χ3v) is 2.23. The van der Waals surface area contributed by atoms with Crippen LogP contribution in [0.5, 0.6) is 0 Å². The van der Waals surface area contributed by atoms with Crippen LogP contribution < -0.4 is 11.1 Å². The first-order chi connectivity index (χ1) is 7.65. The standard InChI is InChI=1S/C10H14N6/c1-7-14-9(11)5-10(15-7)12-6-8-3-4-13-16(8)2/h3-5H,6H2,1-2H3,(H3,11,12,14,15). The lowest BCUT2D eigenvalue weighted by atomic mass is 10.4. The Kier molecular flexibility index (Phi) is 2.72. The third-order valence-electron chi connectivity index (χ3n) is 2.23. The van der Waals surface area contributed by atoms with Gasteiger partial charge in [0, 0.05) is 19.3 Å². The summed E-state index contributed by atoms with van der Waals surface area (Å²) < 4.78 is 1.81. The molecule has 0 saturated carbocycles. The van der Waals surface area contributed by atoms with Crippen molar-refractivity contribution in [2.75, 3.05) is 11.1 Å². The average Bonchev–Trinajstić information content (AvgIpc) is 2.59. The van der Waals surface area contributed by atoms with Crippen molar-refractivity contribution >= 4 is 11.6 Å². The van der Waals surface area contributed by atoms with E-state index in [1.807, 2.05) is 24.7 Å². The second kappa shape index (κ2) is 4.18. The zero-order valence-electron chi connectivity index (χ0n) is 9.31. The molecule has 0 aromatic carbocycles. The lowest BCUT2D eigenvalue weighted by molar-refractivity contribution is 0.719. The molecule has 0 fully saturated rings. The second-order valence-corrected chi connectivity index (χ2v) is 3.52. The number of hydrogen-bond acceptors (Lipinski definition) is 5. The van der Waals surface area contributed by atoms with E-state index in [4.69, 9.17) is 5.73 Å². The molecule has 3 N–H and O–H groups in total. The highest BCUT2D eigenvalue weighted by Gasteiger charge is 2.01. The SMILES string of the molecule is Cc1nc(N)cc(NCc2ccnn2C)n1. The minimum atomic E-state index is 0.472. The van der Waals surface area contributed by atoms with Crippen LogP contribution in [0.3, 0.4) is 0 Å². The Morgan fingerprint density at radius 3 is 2.88 bits per heavy atom. The van der Waals surface area contributed by atoms with Gasteiger partial charge in [-0.15, -0.1) is 0 Å². The van der Waals surface area contributed by atoms with Crippen molar-refractivity contribution in [1.29, 1.82) is 0 Å². The molecular formula is C10H14N6. The number of anilines is 2. The molecule has 0 saturated heterocycles. The van der Waals surface area contributed by atoms with Gasteiger partial charge >= 0.3 is 0 Å². The maximum atomic E-state index is 5.63. The van der Waals surface area contributed by atoms with Crippen LogP contribution in [0.15, 0.2) is 18.3 Å². The molecule has 2 aromatic heterocycles. The predicted molar refractivity (Wildman–Crippen MR) is 61.7 cm³/mol. The van der Waals surface area contributed by atoms with Crippen LogP contribution in [-0.4, -0.2) is 19.7 Å².